The highest BCUT2D eigenvalue weighted by atomic mass is 16.3. The standard InChI is InChI=1S/C8H21N2O2/c1-7(11)10(4,8(2)12)6-5-9-3/h7-9,11-12H,5-6H2,1-4H3/q+1. The fraction of sp³-hybridized carbons (Fsp3) is 1.00. The van der Waals surface area contributed by atoms with Crippen molar-refractivity contribution in [1.82, 2.24) is 5.32 Å². The molecule has 4 heteroatoms. The fourth-order valence-electron chi connectivity index (χ4n) is 1.04. The monoisotopic (exact) mass is 177 g/mol. The molecule has 0 fully saturated rings. The van der Waals surface area contributed by atoms with Crippen LogP contribution in [0.1, 0.15) is 13.8 Å². The van der Waals surface area contributed by atoms with Crippen LogP contribution >= 0.6 is 0 Å². The molecule has 0 aromatic rings. The van der Waals surface area contributed by atoms with Crippen molar-refractivity contribution in [3.8, 4) is 0 Å². The van der Waals surface area contributed by atoms with Crippen LogP contribution in [-0.4, -0.2) is 54.3 Å². The molecule has 0 spiro atoms. The van der Waals surface area contributed by atoms with Gasteiger partial charge in [0.05, 0.1) is 13.6 Å². The molecule has 0 radical (unpaired) electrons. The summed E-state index contributed by atoms with van der Waals surface area (Å²) in [6, 6.07) is 0. The smallest absolute Gasteiger partial charge is 0.189 e. The summed E-state index contributed by atoms with van der Waals surface area (Å²) in [6.07, 6.45) is -1.09. The Morgan fingerprint density at radius 1 is 1.25 bits per heavy atom. The molecule has 2 unspecified atom stereocenters. The van der Waals surface area contributed by atoms with E-state index in [9.17, 15) is 10.2 Å². The Morgan fingerprint density at radius 3 is 1.92 bits per heavy atom. The zero-order valence-corrected chi connectivity index (χ0v) is 8.41. The van der Waals surface area contributed by atoms with Gasteiger partial charge in [0.25, 0.3) is 0 Å². The van der Waals surface area contributed by atoms with Gasteiger partial charge in [-0.2, -0.15) is 0 Å². The predicted octanol–water partition coefficient (Wildman–Crippen LogP) is -0.671. The first-order valence-electron chi connectivity index (χ1n) is 4.30. The van der Waals surface area contributed by atoms with Crippen molar-refractivity contribution >= 4 is 0 Å². The second-order valence-electron chi connectivity index (χ2n) is 3.44. The molecule has 12 heavy (non-hydrogen) atoms. The molecule has 0 saturated heterocycles. The van der Waals surface area contributed by atoms with Crippen LogP contribution in [-0.2, 0) is 0 Å². The zero-order chi connectivity index (χ0) is 9.78. The van der Waals surface area contributed by atoms with Crippen LogP contribution in [0, 0.1) is 0 Å². The summed E-state index contributed by atoms with van der Waals surface area (Å²) in [4.78, 5) is 0. The van der Waals surface area contributed by atoms with Gasteiger partial charge in [-0.05, 0) is 7.05 Å². The molecule has 0 aliphatic heterocycles. The summed E-state index contributed by atoms with van der Waals surface area (Å²) >= 11 is 0. The van der Waals surface area contributed by atoms with E-state index < -0.39 is 12.5 Å². The average molecular weight is 177 g/mol. The van der Waals surface area contributed by atoms with Crippen LogP contribution in [0.15, 0.2) is 0 Å². The molecule has 0 aliphatic rings. The molecular weight excluding hydrogens is 156 g/mol. The quantitative estimate of drug-likeness (QED) is 0.385. The number of likely N-dealkylation sites (N-methyl/N-ethyl adjacent to an activating group) is 2. The summed E-state index contributed by atoms with van der Waals surface area (Å²) in [5.41, 5.74) is 0. The highest BCUT2D eigenvalue weighted by Gasteiger charge is 2.31. The van der Waals surface area contributed by atoms with Crippen molar-refractivity contribution < 1.29 is 14.7 Å². The van der Waals surface area contributed by atoms with E-state index in [2.05, 4.69) is 5.32 Å². The number of hydrogen-bond acceptors (Lipinski definition) is 3. The summed E-state index contributed by atoms with van der Waals surface area (Å²) in [6.45, 7) is 4.89. The molecular formula is C8H21N2O2+. The van der Waals surface area contributed by atoms with Crippen molar-refractivity contribution in [2.45, 2.75) is 26.3 Å². The molecule has 0 heterocycles. The molecule has 2 atom stereocenters. The third kappa shape index (κ3) is 2.71. The lowest BCUT2D eigenvalue weighted by atomic mass is 10.3. The lowest BCUT2D eigenvalue weighted by molar-refractivity contribution is -0.989. The van der Waals surface area contributed by atoms with Crippen molar-refractivity contribution in [2.75, 3.05) is 27.2 Å². The summed E-state index contributed by atoms with van der Waals surface area (Å²) in [5.74, 6) is 0. The fourth-order valence-corrected chi connectivity index (χ4v) is 1.04. The minimum Gasteiger partial charge on any atom is -0.345 e. The highest BCUT2D eigenvalue weighted by molar-refractivity contribution is 4.43. The Labute approximate surface area is 74.4 Å². The Hall–Kier alpha value is -0.160. The Bertz CT molecular complexity index is 118. The Balaban J connectivity index is 4.19. The molecule has 0 aromatic heterocycles. The van der Waals surface area contributed by atoms with Crippen LogP contribution < -0.4 is 5.32 Å². The Kier molecular flexibility index (Phi) is 4.70. The van der Waals surface area contributed by atoms with E-state index in [0.29, 0.717) is 6.54 Å². The maximum absolute atomic E-state index is 9.45. The van der Waals surface area contributed by atoms with Crippen LogP contribution in [0.5, 0.6) is 0 Å². The maximum Gasteiger partial charge on any atom is 0.189 e. The molecule has 0 rings (SSSR count). The number of rotatable bonds is 5. The van der Waals surface area contributed by atoms with E-state index in [1.807, 2.05) is 14.1 Å². The van der Waals surface area contributed by atoms with Gasteiger partial charge in [-0.25, -0.2) is 0 Å². The SMILES string of the molecule is CNCC[N+](C)(C(C)O)C(C)O. The third-order valence-corrected chi connectivity index (χ3v) is 2.55. The number of nitrogens with zero attached hydrogens (tertiary/aromatic N) is 1. The lowest BCUT2D eigenvalue weighted by Crippen LogP contribution is -2.58. The first-order chi connectivity index (χ1) is 5.45. The maximum atomic E-state index is 9.45. The molecule has 0 aromatic carbocycles. The van der Waals surface area contributed by atoms with Gasteiger partial charge in [-0.3, -0.25) is 4.48 Å². The van der Waals surface area contributed by atoms with Crippen LogP contribution in [0.2, 0.25) is 0 Å². The number of aliphatic hydroxyl groups is 2. The third-order valence-electron chi connectivity index (χ3n) is 2.55. The summed E-state index contributed by atoms with van der Waals surface area (Å²) < 4.78 is 0.265. The van der Waals surface area contributed by atoms with Crippen molar-refractivity contribution in [3.05, 3.63) is 0 Å². The molecule has 74 valence electrons. The molecule has 0 amide bonds. The van der Waals surface area contributed by atoms with E-state index in [1.54, 1.807) is 13.8 Å². The second-order valence-corrected chi connectivity index (χ2v) is 3.44. The number of quaternary nitrogens is 1. The van der Waals surface area contributed by atoms with Gasteiger partial charge in [-0.1, -0.05) is 0 Å². The van der Waals surface area contributed by atoms with Gasteiger partial charge in [0.15, 0.2) is 12.5 Å². The molecule has 0 saturated carbocycles. The number of nitrogens with one attached hydrogen (secondary N) is 1. The molecule has 0 bridgehead atoms. The van der Waals surface area contributed by atoms with E-state index in [0.717, 1.165) is 6.54 Å². The van der Waals surface area contributed by atoms with Gasteiger partial charge in [0.2, 0.25) is 0 Å². The number of hydrogen-bond donors (Lipinski definition) is 3. The van der Waals surface area contributed by atoms with Gasteiger partial charge < -0.3 is 15.5 Å². The van der Waals surface area contributed by atoms with Gasteiger partial charge in [0, 0.05) is 20.4 Å². The summed E-state index contributed by atoms with van der Waals surface area (Å²) in [5, 5.41) is 21.9. The first-order valence-corrected chi connectivity index (χ1v) is 4.30. The minimum atomic E-state index is -0.543. The minimum absolute atomic E-state index is 0.265. The van der Waals surface area contributed by atoms with E-state index in [1.165, 1.54) is 0 Å². The van der Waals surface area contributed by atoms with Crippen LogP contribution in [0.3, 0.4) is 0 Å². The van der Waals surface area contributed by atoms with Crippen molar-refractivity contribution in [3.63, 3.8) is 0 Å². The number of aliphatic hydroxyl groups excluding tert-OH is 2. The van der Waals surface area contributed by atoms with Gasteiger partial charge in [0.1, 0.15) is 0 Å². The molecule has 4 nitrogen and oxygen atoms in total. The van der Waals surface area contributed by atoms with Crippen molar-refractivity contribution in [1.29, 1.82) is 0 Å². The lowest BCUT2D eigenvalue weighted by Gasteiger charge is -2.39. The van der Waals surface area contributed by atoms with E-state index >= 15 is 0 Å². The summed E-state index contributed by atoms with van der Waals surface area (Å²) in [7, 11) is 3.70. The van der Waals surface area contributed by atoms with Gasteiger partial charge in [-0.15, -0.1) is 0 Å². The van der Waals surface area contributed by atoms with E-state index in [4.69, 9.17) is 0 Å². The predicted molar refractivity (Wildman–Crippen MR) is 48.3 cm³/mol. The highest BCUT2D eigenvalue weighted by Crippen LogP contribution is 2.11. The van der Waals surface area contributed by atoms with Crippen molar-refractivity contribution in [2.24, 2.45) is 0 Å². The largest absolute Gasteiger partial charge is 0.345 e. The molecule has 3 N–H and O–H groups in total. The van der Waals surface area contributed by atoms with Crippen LogP contribution in [0.4, 0.5) is 0 Å². The van der Waals surface area contributed by atoms with Gasteiger partial charge >= 0.3 is 0 Å². The second kappa shape index (κ2) is 4.77. The zero-order valence-electron chi connectivity index (χ0n) is 8.41. The first kappa shape index (κ1) is 11.8. The Morgan fingerprint density at radius 2 is 1.67 bits per heavy atom. The normalized spacial score (nSPS) is 21.5. The average Bonchev–Trinajstić information content (AvgIpc) is 1.99. The van der Waals surface area contributed by atoms with Crippen LogP contribution in [0.25, 0.3) is 0 Å². The van der Waals surface area contributed by atoms with E-state index in [-0.39, 0.29) is 4.48 Å². The molecule has 0 aliphatic carbocycles. The topological polar surface area (TPSA) is 52.5 Å².